The van der Waals surface area contributed by atoms with Gasteiger partial charge in [-0.25, -0.2) is 13.6 Å². The largest absolute Gasteiger partial charge is 0.377 e. The predicted octanol–water partition coefficient (Wildman–Crippen LogP) is 3.25. The van der Waals surface area contributed by atoms with Gasteiger partial charge in [0.15, 0.2) is 0 Å². The van der Waals surface area contributed by atoms with Gasteiger partial charge in [0.1, 0.15) is 5.82 Å². The molecule has 0 radical (unpaired) electrons. The van der Waals surface area contributed by atoms with Crippen molar-refractivity contribution in [2.45, 2.75) is 37.8 Å². The molecule has 3 aromatic rings. The van der Waals surface area contributed by atoms with E-state index in [9.17, 15) is 4.21 Å². The predicted molar refractivity (Wildman–Crippen MR) is 137 cm³/mol. The molecule has 2 aliphatic rings. The third-order valence-corrected chi connectivity index (χ3v) is 9.20. The molecule has 5 rings (SSSR count). The first-order chi connectivity index (χ1) is 16.3. The van der Waals surface area contributed by atoms with Gasteiger partial charge < -0.3 is 20.7 Å². The van der Waals surface area contributed by atoms with Crippen LogP contribution >= 0.6 is 0 Å². The molecule has 2 aromatic carbocycles. The highest BCUT2D eigenvalue weighted by molar-refractivity contribution is 7.93. The Hall–Kier alpha value is -2.75. The number of rotatable bonds is 5. The van der Waals surface area contributed by atoms with Crippen LogP contribution in [0.25, 0.3) is 10.9 Å². The molecule has 2 aliphatic heterocycles. The standard InChI is InChI=1S/C25H32N6O2S/c1-4-28-34(32)12-11-31(13-19-7-5-6-8-21(19)34)24-29-20-10-9-17(2)18(3)22(20)23(30-24)27-14-25(26)15-33-16-25/h5-10H,4,11-16,26H2,1-3H3,(H,27,29,30). The Bertz CT molecular complexity index is 1360. The molecular weight excluding hydrogens is 448 g/mol. The summed E-state index contributed by atoms with van der Waals surface area (Å²) >= 11 is 0. The Morgan fingerprint density at radius 1 is 1.21 bits per heavy atom. The van der Waals surface area contributed by atoms with Crippen LogP contribution in [0.2, 0.25) is 0 Å². The number of anilines is 2. The van der Waals surface area contributed by atoms with Crippen LogP contribution in [0.15, 0.2) is 45.7 Å². The second-order valence-corrected chi connectivity index (χ2v) is 11.7. The molecule has 0 aliphatic carbocycles. The summed E-state index contributed by atoms with van der Waals surface area (Å²) in [4.78, 5) is 12.9. The summed E-state index contributed by atoms with van der Waals surface area (Å²) in [5, 5.41) is 4.50. The molecule has 9 heteroatoms. The summed E-state index contributed by atoms with van der Waals surface area (Å²) in [6.07, 6.45) is 0. The Labute approximate surface area is 201 Å². The highest BCUT2D eigenvalue weighted by Crippen LogP contribution is 2.32. The Balaban J connectivity index is 1.58. The van der Waals surface area contributed by atoms with Crippen molar-refractivity contribution in [3.8, 4) is 0 Å². The first kappa shape index (κ1) is 23.0. The van der Waals surface area contributed by atoms with Crippen LogP contribution in [-0.2, 0) is 21.0 Å². The summed E-state index contributed by atoms with van der Waals surface area (Å²) in [6.45, 7) is 9.42. The Morgan fingerprint density at radius 2 is 2.00 bits per heavy atom. The molecule has 34 heavy (non-hydrogen) atoms. The van der Waals surface area contributed by atoms with E-state index in [0.717, 1.165) is 32.7 Å². The van der Waals surface area contributed by atoms with Crippen molar-refractivity contribution in [3.05, 3.63) is 53.1 Å². The zero-order chi connectivity index (χ0) is 23.9. The number of hydrogen-bond donors (Lipinski definition) is 2. The van der Waals surface area contributed by atoms with E-state index in [1.54, 1.807) is 0 Å². The van der Waals surface area contributed by atoms with E-state index in [0.29, 0.717) is 51.1 Å². The van der Waals surface area contributed by atoms with E-state index in [1.807, 2.05) is 37.3 Å². The maximum atomic E-state index is 13.8. The van der Waals surface area contributed by atoms with Crippen LogP contribution < -0.4 is 16.0 Å². The number of nitrogens with one attached hydrogen (secondary N) is 1. The fourth-order valence-electron chi connectivity index (χ4n) is 4.57. The van der Waals surface area contributed by atoms with Crippen molar-refractivity contribution in [1.82, 2.24) is 9.97 Å². The van der Waals surface area contributed by atoms with Crippen LogP contribution in [0.1, 0.15) is 23.6 Å². The molecule has 0 amide bonds. The van der Waals surface area contributed by atoms with E-state index in [2.05, 4.69) is 34.5 Å². The fourth-order valence-corrected chi connectivity index (χ4v) is 6.77. The molecule has 1 fully saturated rings. The summed E-state index contributed by atoms with van der Waals surface area (Å²) in [6, 6.07) is 12.0. The monoisotopic (exact) mass is 480 g/mol. The molecule has 1 unspecified atom stereocenters. The van der Waals surface area contributed by atoms with Gasteiger partial charge in [0.05, 0.1) is 44.6 Å². The highest BCUT2D eigenvalue weighted by atomic mass is 32.2. The second-order valence-electron chi connectivity index (χ2n) is 9.30. The van der Waals surface area contributed by atoms with Crippen LogP contribution in [-0.4, -0.2) is 58.3 Å². The number of nitrogens with zero attached hydrogens (tertiary/aromatic N) is 4. The van der Waals surface area contributed by atoms with Crippen molar-refractivity contribution >= 4 is 32.4 Å². The van der Waals surface area contributed by atoms with E-state index in [1.165, 1.54) is 5.56 Å². The molecule has 0 saturated carbocycles. The van der Waals surface area contributed by atoms with E-state index in [-0.39, 0.29) is 5.54 Å². The molecule has 1 saturated heterocycles. The Kier molecular flexibility index (Phi) is 5.95. The van der Waals surface area contributed by atoms with E-state index in [4.69, 9.17) is 20.4 Å². The number of ether oxygens (including phenoxy) is 1. The third kappa shape index (κ3) is 4.12. The maximum Gasteiger partial charge on any atom is 0.228 e. The van der Waals surface area contributed by atoms with Gasteiger partial charge in [-0.1, -0.05) is 24.3 Å². The van der Waals surface area contributed by atoms with Gasteiger partial charge in [0.25, 0.3) is 0 Å². The lowest BCUT2D eigenvalue weighted by Crippen LogP contribution is -2.61. The lowest BCUT2D eigenvalue weighted by atomic mass is 9.99. The van der Waals surface area contributed by atoms with Gasteiger partial charge in [0, 0.05) is 31.6 Å². The smallest absolute Gasteiger partial charge is 0.228 e. The normalized spacial score (nSPS) is 21.5. The maximum absolute atomic E-state index is 13.8. The van der Waals surface area contributed by atoms with Gasteiger partial charge in [-0.3, -0.25) is 0 Å². The first-order valence-corrected chi connectivity index (χ1v) is 13.4. The van der Waals surface area contributed by atoms with Gasteiger partial charge in [0.2, 0.25) is 5.95 Å². The minimum atomic E-state index is -2.49. The summed E-state index contributed by atoms with van der Waals surface area (Å²) in [5.74, 6) is 1.83. The van der Waals surface area contributed by atoms with Gasteiger partial charge in [-0.05, 0) is 49.6 Å². The van der Waals surface area contributed by atoms with E-state index >= 15 is 0 Å². The van der Waals surface area contributed by atoms with Crippen LogP contribution in [0.3, 0.4) is 0 Å². The molecule has 1 atom stereocenters. The lowest BCUT2D eigenvalue weighted by molar-refractivity contribution is -0.0461. The Morgan fingerprint density at radius 3 is 2.74 bits per heavy atom. The number of aromatic nitrogens is 2. The number of hydrogen-bond acceptors (Lipinski definition) is 8. The van der Waals surface area contributed by atoms with Crippen molar-refractivity contribution in [3.63, 3.8) is 0 Å². The number of aryl methyl sites for hydroxylation is 2. The molecule has 0 spiro atoms. The summed E-state index contributed by atoms with van der Waals surface area (Å²) < 4.78 is 23.6. The summed E-state index contributed by atoms with van der Waals surface area (Å²) in [5.41, 5.74) is 10.2. The second kappa shape index (κ2) is 8.79. The average Bonchev–Trinajstić information content (AvgIpc) is 2.95. The van der Waals surface area contributed by atoms with Gasteiger partial charge in [-0.2, -0.15) is 4.98 Å². The quantitative estimate of drug-likeness (QED) is 0.577. The van der Waals surface area contributed by atoms with Crippen LogP contribution in [0.5, 0.6) is 0 Å². The fraction of sp³-hybridized carbons (Fsp3) is 0.440. The molecule has 180 valence electrons. The number of benzene rings is 2. The average molecular weight is 481 g/mol. The zero-order valence-electron chi connectivity index (χ0n) is 20.0. The van der Waals surface area contributed by atoms with Gasteiger partial charge in [-0.15, -0.1) is 0 Å². The van der Waals surface area contributed by atoms with E-state index < -0.39 is 9.73 Å². The van der Waals surface area contributed by atoms with Crippen molar-refractivity contribution in [2.75, 3.05) is 48.8 Å². The topological polar surface area (TPSA) is 106 Å². The summed E-state index contributed by atoms with van der Waals surface area (Å²) in [7, 11) is -2.49. The molecule has 1 aromatic heterocycles. The molecule has 3 N–H and O–H groups in total. The first-order valence-electron chi connectivity index (χ1n) is 11.7. The minimum Gasteiger partial charge on any atom is -0.377 e. The van der Waals surface area contributed by atoms with Crippen LogP contribution in [0.4, 0.5) is 11.8 Å². The van der Waals surface area contributed by atoms with Crippen molar-refractivity contribution in [2.24, 2.45) is 10.1 Å². The molecule has 8 nitrogen and oxygen atoms in total. The molecule has 3 heterocycles. The number of nitrogens with two attached hydrogens (primary N) is 1. The van der Waals surface area contributed by atoms with Crippen molar-refractivity contribution < 1.29 is 8.95 Å². The zero-order valence-corrected chi connectivity index (χ0v) is 20.8. The lowest BCUT2D eigenvalue weighted by Gasteiger charge is -2.38. The van der Waals surface area contributed by atoms with Crippen molar-refractivity contribution in [1.29, 1.82) is 0 Å². The third-order valence-electron chi connectivity index (χ3n) is 6.71. The molecular formula is C25H32N6O2S. The highest BCUT2D eigenvalue weighted by Gasteiger charge is 2.34. The van der Waals surface area contributed by atoms with Gasteiger partial charge >= 0.3 is 0 Å². The molecule has 0 bridgehead atoms. The van der Waals surface area contributed by atoms with Crippen LogP contribution in [0, 0.1) is 13.8 Å². The minimum absolute atomic E-state index is 0.385. The number of fused-ring (bicyclic) bond motifs is 2. The SMILES string of the molecule is CCN=S1(=O)CCN(c2nc(NCC3(N)COC3)c3c(C)c(C)ccc3n2)Cc2ccccc21.